The monoisotopic (exact) mass is 471 g/mol. The predicted molar refractivity (Wildman–Crippen MR) is 134 cm³/mol. The van der Waals surface area contributed by atoms with Crippen LogP contribution in [-0.4, -0.2) is 29.3 Å². The van der Waals surface area contributed by atoms with Crippen LogP contribution in [0.1, 0.15) is 39.4 Å². The van der Waals surface area contributed by atoms with Crippen LogP contribution >= 0.6 is 0 Å². The molecule has 0 aliphatic heterocycles. The second-order valence-corrected chi connectivity index (χ2v) is 8.34. The molecule has 3 aromatic carbocycles. The second kappa shape index (κ2) is 11.6. The lowest BCUT2D eigenvalue weighted by Gasteiger charge is -2.09. The van der Waals surface area contributed by atoms with Gasteiger partial charge >= 0.3 is 5.97 Å². The van der Waals surface area contributed by atoms with E-state index < -0.39 is 5.97 Å². The molecule has 0 atom stereocenters. The van der Waals surface area contributed by atoms with Crippen LogP contribution in [-0.2, 0) is 22.7 Å². The van der Waals surface area contributed by atoms with Crippen molar-refractivity contribution < 1.29 is 23.8 Å². The molecule has 0 aliphatic carbocycles. The third-order valence-corrected chi connectivity index (χ3v) is 5.78. The van der Waals surface area contributed by atoms with Crippen LogP contribution in [0.2, 0.25) is 0 Å². The van der Waals surface area contributed by atoms with Crippen molar-refractivity contribution in [2.24, 2.45) is 0 Å². The molecule has 0 radical (unpaired) electrons. The molecule has 6 nitrogen and oxygen atoms in total. The molecule has 4 rings (SSSR count). The summed E-state index contributed by atoms with van der Waals surface area (Å²) >= 11 is 0. The number of ether oxygens (including phenoxy) is 2. The molecule has 0 bridgehead atoms. The molecule has 180 valence electrons. The Morgan fingerprint density at radius 3 is 2.20 bits per heavy atom. The van der Waals surface area contributed by atoms with Crippen molar-refractivity contribution in [3.05, 3.63) is 101 Å². The molecule has 0 aliphatic rings. The van der Waals surface area contributed by atoms with Gasteiger partial charge in [0.15, 0.2) is 0 Å². The Morgan fingerprint density at radius 2 is 1.49 bits per heavy atom. The van der Waals surface area contributed by atoms with E-state index in [1.807, 2.05) is 43.3 Å². The van der Waals surface area contributed by atoms with Crippen LogP contribution in [0.3, 0.4) is 0 Å². The molecule has 0 amide bonds. The molecule has 0 fully saturated rings. The molecule has 4 aromatic rings. The number of aromatic carboxylic acids is 1. The average molecular weight is 472 g/mol. The Bertz CT molecular complexity index is 1260. The molecule has 0 saturated heterocycles. The molecular formula is C29H29NO5. The summed E-state index contributed by atoms with van der Waals surface area (Å²) in [6, 6.07) is 23.8. The van der Waals surface area contributed by atoms with E-state index in [1.54, 1.807) is 19.1 Å². The smallest absolute Gasteiger partial charge is 0.336 e. The van der Waals surface area contributed by atoms with E-state index >= 15 is 0 Å². The van der Waals surface area contributed by atoms with Gasteiger partial charge in [0.25, 0.3) is 0 Å². The van der Waals surface area contributed by atoms with Gasteiger partial charge in [-0.1, -0.05) is 60.7 Å². The van der Waals surface area contributed by atoms with Gasteiger partial charge in [0.1, 0.15) is 11.5 Å². The fraction of sp³-hybridized carbons (Fsp3) is 0.241. The highest BCUT2D eigenvalue weighted by Crippen LogP contribution is 2.26. The zero-order chi connectivity index (χ0) is 24.6. The van der Waals surface area contributed by atoms with E-state index in [9.17, 15) is 9.90 Å². The summed E-state index contributed by atoms with van der Waals surface area (Å²) in [5, 5.41) is 9.39. The third-order valence-electron chi connectivity index (χ3n) is 5.78. The molecule has 0 unspecified atom stereocenters. The first kappa shape index (κ1) is 24.4. The number of hydrogen-bond donors (Lipinski definition) is 1. The quantitative estimate of drug-likeness (QED) is 0.253. The maximum atomic E-state index is 11.5. The molecule has 6 heteroatoms. The zero-order valence-corrected chi connectivity index (χ0v) is 20.0. The van der Waals surface area contributed by atoms with Crippen LogP contribution in [0.25, 0.3) is 22.6 Å². The Hall–Kier alpha value is -3.74. The van der Waals surface area contributed by atoms with Crippen molar-refractivity contribution in [2.75, 3.05) is 13.2 Å². The third kappa shape index (κ3) is 6.23. The molecule has 1 N–H and O–H groups in total. The number of hydrogen-bond acceptors (Lipinski definition) is 5. The van der Waals surface area contributed by atoms with Gasteiger partial charge in [0, 0.05) is 18.8 Å². The number of benzene rings is 3. The number of carboxylic acids is 1. The minimum atomic E-state index is -0.931. The molecule has 0 spiro atoms. The van der Waals surface area contributed by atoms with E-state index in [1.165, 1.54) is 5.56 Å². The molecule has 35 heavy (non-hydrogen) atoms. The number of carboxylic acid groups (broad SMARTS) is 1. The van der Waals surface area contributed by atoms with Crippen molar-refractivity contribution in [2.45, 2.75) is 33.5 Å². The number of carbonyl (C=O) groups is 1. The first-order valence-corrected chi connectivity index (χ1v) is 11.6. The van der Waals surface area contributed by atoms with Crippen LogP contribution in [0.4, 0.5) is 0 Å². The highest BCUT2D eigenvalue weighted by atomic mass is 16.5. The normalized spacial score (nSPS) is 11.0. The summed E-state index contributed by atoms with van der Waals surface area (Å²) in [4.78, 5) is 16.1. The van der Waals surface area contributed by atoms with E-state index in [-0.39, 0.29) is 6.61 Å². The molecule has 1 heterocycles. The summed E-state index contributed by atoms with van der Waals surface area (Å²) in [6.45, 7) is 5.28. The van der Waals surface area contributed by atoms with Gasteiger partial charge in [-0.15, -0.1) is 0 Å². The Labute approximate surface area is 205 Å². The summed E-state index contributed by atoms with van der Waals surface area (Å²) in [5.74, 6) is 0.389. The van der Waals surface area contributed by atoms with E-state index in [0.717, 1.165) is 28.1 Å². The van der Waals surface area contributed by atoms with E-state index in [2.05, 4.69) is 29.2 Å². The van der Waals surface area contributed by atoms with E-state index in [0.29, 0.717) is 43.3 Å². The minimum absolute atomic E-state index is 0.262. The Morgan fingerprint density at radius 1 is 0.829 bits per heavy atom. The Kier molecular flexibility index (Phi) is 8.08. The first-order chi connectivity index (χ1) is 17.0. The molecule has 0 saturated carbocycles. The van der Waals surface area contributed by atoms with Gasteiger partial charge in [-0.05, 0) is 54.7 Å². The topological polar surface area (TPSA) is 81.8 Å². The number of aromatic nitrogens is 1. The standard InChI is InChI=1S/C29H29NO5/c1-20-8-6-11-25(27(20)29(31)32)18-33-16-7-17-34-19-26-21(2)35-28(30-26)24-14-12-23(13-15-24)22-9-4-3-5-10-22/h3-6,8-15H,7,16-19H2,1-2H3,(H,31,32). The number of nitrogens with zero attached hydrogens (tertiary/aromatic N) is 1. The number of aryl methyl sites for hydroxylation is 2. The van der Waals surface area contributed by atoms with Crippen LogP contribution in [0.5, 0.6) is 0 Å². The van der Waals surface area contributed by atoms with Gasteiger partial charge in [-0.2, -0.15) is 0 Å². The minimum Gasteiger partial charge on any atom is -0.478 e. The van der Waals surface area contributed by atoms with Crippen LogP contribution in [0.15, 0.2) is 77.2 Å². The highest BCUT2D eigenvalue weighted by molar-refractivity contribution is 5.91. The number of oxazole rings is 1. The van der Waals surface area contributed by atoms with Crippen molar-refractivity contribution in [1.82, 2.24) is 4.98 Å². The van der Waals surface area contributed by atoms with Gasteiger partial charge in [0.05, 0.1) is 18.8 Å². The summed E-state index contributed by atoms with van der Waals surface area (Å²) < 4.78 is 17.3. The fourth-order valence-corrected chi connectivity index (χ4v) is 3.89. The van der Waals surface area contributed by atoms with Crippen LogP contribution < -0.4 is 0 Å². The second-order valence-electron chi connectivity index (χ2n) is 8.34. The molecular weight excluding hydrogens is 442 g/mol. The maximum absolute atomic E-state index is 11.5. The van der Waals surface area contributed by atoms with Crippen molar-refractivity contribution >= 4 is 5.97 Å². The number of rotatable bonds is 11. The molecule has 1 aromatic heterocycles. The Balaban J connectivity index is 1.23. The lowest BCUT2D eigenvalue weighted by atomic mass is 10.0. The summed E-state index contributed by atoms with van der Waals surface area (Å²) in [6.07, 6.45) is 0.693. The van der Waals surface area contributed by atoms with Gasteiger partial charge in [-0.3, -0.25) is 0 Å². The van der Waals surface area contributed by atoms with E-state index in [4.69, 9.17) is 13.9 Å². The van der Waals surface area contributed by atoms with Crippen molar-refractivity contribution in [3.8, 4) is 22.6 Å². The maximum Gasteiger partial charge on any atom is 0.336 e. The summed E-state index contributed by atoms with van der Waals surface area (Å²) in [7, 11) is 0. The van der Waals surface area contributed by atoms with Gasteiger partial charge < -0.3 is 19.0 Å². The SMILES string of the molecule is Cc1cccc(COCCCOCc2nc(-c3ccc(-c4ccccc4)cc3)oc2C)c1C(=O)O. The first-order valence-electron chi connectivity index (χ1n) is 11.6. The average Bonchev–Trinajstić information content (AvgIpc) is 3.24. The largest absolute Gasteiger partial charge is 0.478 e. The van der Waals surface area contributed by atoms with Gasteiger partial charge in [-0.25, -0.2) is 9.78 Å². The lowest BCUT2D eigenvalue weighted by Crippen LogP contribution is -2.08. The fourth-order valence-electron chi connectivity index (χ4n) is 3.89. The predicted octanol–water partition coefficient (Wildman–Crippen LogP) is 6.45. The van der Waals surface area contributed by atoms with Crippen molar-refractivity contribution in [1.29, 1.82) is 0 Å². The zero-order valence-electron chi connectivity index (χ0n) is 20.0. The highest BCUT2D eigenvalue weighted by Gasteiger charge is 2.13. The summed E-state index contributed by atoms with van der Waals surface area (Å²) in [5.41, 5.74) is 5.74. The van der Waals surface area contributed by atoms with Crippen molar-refractivity contribution in [3.63, 3.8) is 0 Å². The lowest BCUT2D eigenvalue weighted by molar-refractivity contribution is 0.0639. The van der Waals surface area contributed by atoms with Gasteiger partial charge in [0.2, 0.25) is 5.89 Å². The van der Waals surface area contributed by atoms with Crippen LogP contribution in [0, 0.1) is 13.8 Å².